The van der Waals surface area contributed by atoms with Crippen LogP contribution in [0.2, 0.25) is 0 Å². The molecule has 3 aliphatic rings. The highest BCUT2D eigenvalue weighted by molar-refractivity contribution is 7.17. The monoisotopic (exact) mass is 593 g/mol. The number of nitrogens with zero attached hydrogens (tertiary/aromatic N) is 3. The van der Waals surface area contributed by atoms with Gasteiger partial charge in [0.25, 0.3) is 11.8 Å². The molecule has 218 valence electrons. The first-order valence-electron chi connectivity index (χ1n) is 12.5. The summed E-state index contributed by atoms with van der Waals surface area (Å²) in [6.07, 6.45) is -7.05. The highest BCUT2D eigenvalue weighted by Crippen LogP contribution is 2.44. The number of rotatable bonds is 6. The Kier molecular flexibility index (Phi) is 7.46. The predicted molar refractivity (Wildman–Crippen MR) is 130 cm³/mol. The van der Waals surface area contributed by atoms with Crippen LogP contribution in [0, 0.1) is 0 Å². The molecule has 3 N–H and O–H groups in total. The van der Waals surface area contributed by atoms with E-state index in [4.69, 9.17) is 4.74 Å². The van der Waals surface area contributed by atoms with Gasteiger partial charge >= 0.3 is 12.4 Å². The lowest BCUT2D eigenvalue weighted by Crippen LogP contribution is -2.42. The van der Waals surface area contributed by atoms with E-state index in [-0.39, 0.29) is 40.9 Å². The minimum absolute atomic E-state index is 0.0104. The third-order valence-electron chi connectivity index (χ3n) is 7.39. The summed E-state index contributed by atoms with van der Waals surface area (Å²) < 4.78 is 86.8. The van der Waals surface area contributed by atoms with Crippen LogP contribution in [0.25, 0.3) is 10.4 Å². The fourth-order valence-corrected chi connectivity index (χ4v) is 6.26. The van der Waals surface area contributed by atoms with Gasteiger partial charge in [0.15, 0.2) is 5.01 Å². The van der Waals surface area contributed by atoms with E-state index < -0.39 is 59.3 Å². The molecule has 2 aromatic heterocycles. The van der Waals surface area contributed by atoms with Gasteiger partial charge in [-0.3, -0.25) is 9.59 Å². The Morgan fingerprint density at radius 3 is 2.33 bits per heavy atom. The third-order valence-corrected chi connectivity index (χ3v) is 8.48. The number of ether oxygens (including phenoxy) is 1. The van der Waals surface area contributed by atoms with Crippen LogP contribution in [0.15, 0.2) is 12.3 Å². The number of hydrogen-bond donors (Lipinski definition) is 3. The van der Waals surface area contributed by atoms with Gasteiger partial charge in [0, 0.05) is 23.8 Å². The zero-order chi connectivity index (χ0) is 29.0. The van der Waals surface area contributed by atoms with Crippen molar-refractivity contribution in [3.63, 3.8) is 0 Å². The molecule has 40 heavy (non-hydrogen) atoms. The van der Waals surface area contributed by atoms with Gasteiger partial charge in [-0.25, -0.2) is 9.97 Å². The summed E-state index contributed by atoms with van der Waals surface area (Å²) in [6.45, 7) is 0.745. The number of carbonyl (C=O) groups is 2. The van der Waals surface area contributed by atoms with Crippen molar-refractivity contribution in [1.29, 1.82) is 0 Å². The molecule has 3 aliphatic heterocycles. The standard InChI is InChI=1S/C24H25F6N5O4S/c1-10(23(25,26)27)32-17-6-14(24(28,29)30)13(7-31-17)19-18(22(38)35-11-2-3-12(35)5-4-11)34-21(40-19)20(37)33-15-8-39-9-16(15)36/h6-7,10-12,15-16,36H,2-5,8-9H2,1H3,(H,31,32)(H,33,37)/t10-,11?,12?,15?,16-/m0/s1. The normalized spacial score (nSPS) is 25.4. The maximum absolute atomic E-state index is 14.2. The van der Waals surface area contributed by atoms with E-state index >= 15 is 0 Å². The van der Waals surface area contributed by atoms with Crippen LogP contribution >= 0.6 is 11.3 Å². The fourth-order valence-electron chi connectivity index (χ4n) is 5.28. The molecule has 3 saturated heterocycles. The number of pyridine rings is 1. The average molecular weight is 594 g/mol. The van der Waals surface area contributed by atoms with Gasteiger partial charge in [-0.05, 0) is 38.7 Å². The zero-order valence-electron chi connectivity index (χ0n) is 21.0. The van der Waals surface area contributed by atoms with E-state index in [2.05, 4.69) is 15.3 Å². The molecule has 3 atom stereocenters. The van der Waals surface area contributed by atoms with Crippen LogP contribution in [0.1, 0.15) is 58.5 Å². The quantitative estimate of drug-likeness (QED) is 0.436. The molecule has 0 radical (unpaired) electrons. The van der Waals surface area contributed by atoms with E-state index in [1.165, 1.54) is 0 Å². The van der Waals surface area contributed by atoms with Crippen LogP contribution in [0.5, 0.6) is 0 Å². The molecule has 3 fully saturated rings. The number of amides is 2. The second kappa shape index (κ2) is 10.4. The molecule has 9 nitrogen and oxygen atoms in total. The molecule has 16 heteroatoms. The van der Waals surface area contributed by atoms with Crippen LogP contribution in [0.3, 0.4) is 0 Å². The number of aliphatic hydroxyl groups excluding tert-OH is 1. The minimum Gasteiger partial charge on any atom is -0.388 e. The molecule has 5 rings (SSSR count). The van der Waals surface area contributed by atoms with Crippen molar-refractivity contribution in [3.05, 3.63) is 28.5 Å². The minimum atomic E-state index is -5.04. The molecule has 0 spiro atoms. The Hall–Kier alpha value is -2.98. The van der Waals surface area contributed by atoms with Crippen LogP contribution in [0.4, 0.5) is 32.2 Å². The van der Waals surface area contributed by atoms with Gasteiger partial charge < -0.3 is 25.4 Å². The second-order valence-electron chi connectivity index (χ2n) is 10.1. The summed E-state index contributed by atoms with van der Waals surface area (Å²) in [4.78, 5) is 35.9. The number of fused-ring (bicyclic) bond motifs is 2. The van der Waals surface area contributed by atoms with Crippen LogP contribution < -0.4 is 10.6 Å². The SMILES string of the molecule is C[C@H](Nc1cc(C(F)(F)F)c(-c2sc(C(=O)NC3COC[C@@H]3O)nc2C(=O)N2C3CCC2CC3)cn1)C(F)(F)F. The first kappa shape index (κ1) is 28.5. The lowest BCUT2D eigenvalue weighted by Gasteiger charge is -2.22. The maximum atomic E-state index is 14.2. The highest BCUT2D eigenvalue weighted by Gasteiger charge is 2.45. The van der Waals surface area contributed by atoms with Gasteiger partial charge in [-0.2, -0.15) is 26.3 Å². The Morgan fingerprint density at radius 2 is 1.77 bits per heavy atom. The molecule has 5 heterocycles. The molecule has 1 unspecified atom stereocenters. The highest BCUT2D eigenvalue weighted by atomic mass is 32.1. The number of halogens is 6. The van der Waals surface area contributed by atoms with Gasteiger partial charge in [-0.15, -0.1) is 11.3 Å². The summed E-state index contributed by atoms with van der Waals surface area (Å²) in [5.41, 5.74) is -2.30. The summed E-state index contributed by atoms with van der Waals surface area (Å²) >= 11 is 0.536. The molecule has 0 aromatic carbocycles. The van der Waals surface area contributed by atoms with Crippen LogP contribution in [-0.2, 0) is 10.9 Å². The predicted octanol–water partition coefficient (Wildman–Crippen LogP) is 3.84. The lowest BCUT2D eigenvalue weighted by atomic mass is 10.0. The summed E-state index contributed by atoms with van der Waals surface area (Å²) in [7, 11) is 0. The van der Waals surface area contributed by atoms with Gasteiger partial charge in [0.1, 0.15) is 17.6 Å². The summed E-state index contributed by atoms with van der Waals surface area (Å²) in [5, 5.41) is 14.1. The number of anilines is 1. The van der Waals surface area contributed by atoms with Gasteiger partial charge in [0.2, 0.25) is 0 Å². The number of aromatic nitrogens is 2. The Bertz CT molecular complexity index is 1280. The Labute approximate surface area is 227 Å². The summed E-state index contributed by atoms with van der Waals surface area (Å²) in [5.74, 6) is -2.10. The maximum Gasteiger partial charge on any atom is 0.417 e. The zero-order valence-corrected chi connectivity index (χ0v) is 21.8. The molecular weight excluding hydrogens is 568 g/mol. The van der Waals surface area contributed by atoms with Crippen molar-refractivity contribution in [2.24, 2.45) is 0 Å². The number of alkyl halides is 6. The molecule has 2 bridgehead atoms. The van der Waals surface area contributed by atoms with E-state index in [0.29, 0.717) is 17.4 Å². The van der Waals surface area contributed by atoms with Crippen molar-refractivity contribution < 1.29 is 45.8 Å². The average Bonchev–Trinajstić information content (AvgIpc) is 3.67. The molecule has 0 saturated carbocycles. The first-order chi connectivity index (χ1) is 18.7. The number of carbonyl (C=O) groups excluding carboxylic acids is 2. The molecule has 2 amide bonds. The third kappa shape index (κ3) is 5.48. The smallest absolute Gasteiger partial charge is 0.388 e. The van der Waals surface area contributed by atoms with Crippen molar-refractivity contribution in [2.75, 3.05) is 18.5 Å². The number of nitrogens with one attached hydrogen (secondary N) is 2. The van der Waals surface area contributed by atoms with Gasteiger partial charge in [-0.1, -0.05) is 0 Å². The summed E-state index contributed by atoms with van der Waals surface area (Å²) in [6, 6.07) is -2.70. The molecule has 0 aliphatic carbocycles. The second-order valence-corrected chi connectivity index (χ2v) is 11.1. The fraction of sp³-hybridized carbons (Fsp3) is 0.583. The number of aliphatic hydroxyl groups is 1. The first-order valence-corrected chi connectivity index (χ1v) is 13.4. The Morgan fingerprint density at radius 1 is 1.12 bits per heavy atom. The van der Waals surface area contributed by atoms with Crippen molar-refractivity contribution >= 4 is 29.0 Å². The van der Waals surface area contributed by atoms with E-state index in [0.717, 1.165) is 38.8 Å². The van der Waals surface area contributed by atoms with E-state index in [9.17, 15) is 41.0 Å². The van der Waals surface area contributed by atoms with Gasteiger partial charge in [0.05, 0.1) is 35.8 Å². The van der Waals surface area contributed by atoms with Crippen LogP contribution in [-0.4, -0.2) is 81.5 Å². The van der Waals surface area contributed by atoms with Crippen molar-refractivity contribution in [1.82, 2.24) is 20.2 Å². The molecule has 2 aromatic rings. The van der Waals surface area contributed by atoms with Crippen molar-refractivity contribution in [2.45, 2.75) is 75.2 Å². The largest absolute Gasteiger partial charge is 0.417 e. The topological polar surface area (TPSA) is 117 Å². The number of hydrogen-bond acceptors (Lipinski definition) is 8. The Balaban J connectivity index is 1.56. The lowest BCUT2D eigenvalue weighted by molar-refractivity contribution is -0.138. The number of thiazole rings is 1. The van der Waals surface area contributed by atoms with Crippen molar-refractivity contribution in [3.8, 4) is 10.4 Å². The van der Waals surface area contributed by atoms with E-state index in [1.54, 1.807) is 4.90 Å². The molecular formula is C24H25F6N5O4S. The van der Waals surface area contributed by atoms with E-state index in [1.807, 2.05) is 5.32 Å².